The molecule has 0 atom stereocenters. The van der Waals surface area contributed by atoms with E-state index in [-0.39, 0.29) is 6.61 Å². The van der Waals surface area contributed by atoms with Crippen molar-refractivity contribution in [3.8, 4) is 11.4 Å². The van der Waals surface area contributed by atoms with E-state index >= 15 is 0 Å². The van der Waals surface area contributed by atoms with Crippen molar-refractivity contribution in [1.29, 1.82) is 0 Å². The van der Waals surface area contributed by atoms with Gasteiger partial charge in [0.25, 0.3) is 0 Å². The van der Waals surface area contributed by atoms with Crippen LogP contribution in [0.3, 0.4) is 0 Å². The predicted molar refractivity (Wildman–Crippen MR) is 82.8 cm³/mol. The van der Waals surface area contributed by atoms with Crippen molar-refractivity contribution >= 4 is 0 Å². The second-order valence-electron chi connectivity index (χ2n) is 4.96. The molecule has 0 aliphatic heterocycles. The molecule has 5 nitrogen and oxygen atoms in total. The summed E-state index contributed by atoms with van der Waals surface area (Å²) >= 11 is 0. The minimum Gasteiger partial charge on any atom is -0.489 e. The molecule has 5 heteroatoms. The van der Waals surface area contributed by atoms with Gasteiger partial charge >= 0.3 is 0 Å². The van der Waals surface area contributed by atoms with E-state index in [4.69, 9.17) is 9.84 Å². The Bertz CT molecular complexity index is 736. The molecule has 2 aromatic carbocycles. The van der Waals surface area contributed by atoms with Crippen molar-refractivity contribution in [3.05, 3.63) is 71.5 Å². The lowest BCUT2D eigenvalue weighted by Crippen LogP contribution is -2.00. The van der Waals surface area contributed by atoms with Gasteiger partial charge in [0.05, 0.1) is 18.0 Å². The van der Waals surface area contributed by atoms with Crippen LogP contribution in [0, 0.1) is 6.92 Å². The minimum absolute atomic E-state index is 0.107. The van der Waals surface area contributed by atoms with Gasteiger partial charge < -0.3 is 9.84 Å². The second-order valence-corrected chi connectivity index (χ2v) is 4.96. The predicted octanol–water partition coefficient (Wildman–Crippen LogP) is 2.65. The van der Waals surface area contributed by atoms with Crippen LogP contribution in [0.4, 0.5) is 0 Å². The molecule has 0 amide bonds. The van der Waals surface area contributed by atoms with Gasteiger partial charge in [-0.05, 0) is 36.8 Å². The van der Waals surface area contributed by atoms with E-state index in [1.54, 1.807) is 4.68 Å². The van der Waals surface area contributed by atoms with Gasteiger partial charge in [0.1, 0.15) is 18.1 Å². The topological polar surface area (TPSA) is 60.2 Å². The summed E-state index contributed by atoms with van der Waals surface area (Å²) in [7, 11) is 0. The highest BCUT2D eigenvalue weighted by molar-refractivity contribution is 5.38. The molecule has 1 aromatic heterocycles. The van der Waals surface area contributed by atoms with E-state index in [0.717, 1.165) is 22.7 Å². The number of benzene rings is 2. The third-order valence-corrected chi connectivity index (χ3v) is 3.47. The smallest absolute Gasteiger partial charge is 0.119 e. The lowest BCUT2D eigenvalue weighted by molar-refractivity contribution is 0.276. The van der Waals surface area contributed by atoms with Gasteiger partial charge in [-0.25, -0.2) is 4.68 Å². The number of hydrogen-bond acceptors (Lipinski definition) is 4. The molecule has 0 unspecified atom stereocenters. The Morgan fingerprint density at radius 1 is 1.05 bits per heavy atom. The molecule has 0 saturated carbocycles. The summed E-state index contributed by atoms with van der Waals surface area (Å²) in [6, 6.07) is 17.7. The molecule has 22 heavy (non-hydrogen) atoms. The Hall–Kier alpha value is -2.66. The fourth-order valence-corrected chi connectivity index (χ4v) is 2.18. The van der Waals surface area contributed by atoms with Crippen molar-refractivity contribution in [2.24, 2.45) is 0 Å². The number of nitrogens with zero attached hydrogens (tertiary/aromatic N) is 3. The van der Waals surface area contributed by atoms with Gasteiger partial charge in [-0.2, -0.15) is 0 Å². The van der Waals surface area contributed by atoms with Crippen LogP contribution in [-0.4, -0.2) is 20.1 Å². The van der Waals surface area contributed by atoms with Gasteiger partial charge in [-0.15, -0.1) is 5.10 Å². The Labute approximate surface area is 128 Å². The molecule has 3 aromatic rings. The van der Waals surface area contributed by atoms with Crippen LogP contribution >= 0.6 is 0 Å². The SMILES string of the molecule is Cc1c(CO)nnn1-c1ccc(OCc2ccccc2)cc1. The molecule has 0 bridgehead atoms. The van der Waals surface area contributed by atoms with Crippen LogP contribution in [0.2, 0.25) is 0 Å². The van der Waals surface area contributed by atoms with Crippen molar-refractivity contribution < 1.29 is 9.84 Å². The highest BCUT2D eigenvalue weighted by atomic mass is 16.5. The zero-order chi connectivity index (χ0) is 15.4. The molecule has 0 spiro atoms. The summed E-state index contributed by atoms with van der Waals surface area (Å²) in [5.41, 5.74) is 3.44. The van der Waals surface area contributed by atoms with Crippen molar-refractivity contribution in [2.75, 3.05) is 0 Å². The van der Waals surface area contributed by atoms with E-state index in [0.29, 0.717) is 12.3 Å². The lowest BCUT2D eigenvalue weighted by Gasteiger charge is -2.08. The fourth-order valence-electron chi connectivity index (χ4n) is 2.18. The first-order valence-electron chi connectivity index (χ1n) is 7.07. The standard InChI is InChI=1S/C17H17N3O2/c1-13-17(11-21)18-19-20(13)15-7-9-16(10-8-15)22-12-14-5-3-2-4-6-14/h2-10,21H,11-12H2,1H3. The molecule has 0 aliphatic carbocycles. The van der Waals surface area contributed by atoms with E-state index < -0.39 is 0 Å². The second kappa shape index (κ2) is 6.41. The summed E-state index contributed by atoms with van der Waals surface area (Å²) in [6.45, 7) is 2.31. The Morgan fingerprint density at radius 2 is 1.77 bits per heavy atom. The number of rotatable bonds is 5. The summed E-state index contributed by atoms with van der Waals surface area (Å²) in [5, 5.41) is 17.2. The highest BCUT2D eigenvalue weighted by Gasteiger charge is 2.08. The van der Waals surface area contributed by atoms with Crippen LogP contribution in [0.5, 0.6) is 5.75 Å². The molecule has 1 heterocycles. The zero-order valence-corrected chi connectivity index (χ0v) is 12.3. The van der Waals surface area contributed by atoms with Crippen molar-refractivity contribution in [1.82, 2.24) is 15.0 Å². The van der Waals surface area contributed by atoms with E-state index in [1.807, 2.05) is 61.5 Å². The maximum Gasteiger partial charge on any atom is 0.119 e. The van der Waals surface area contributed by atoms with Gasteiger partial charge in [-0.1, -0.05) is 35.5 Å². The number of aliphatic hydroxyl groups is 1. The highest BCUT2D eigenvalue weighted by Crippen LogP contribution is 2.18. The maximum atomic E-state index is 9.17. The van der Waals surface area contributed by atoms with Crippen molar-refractivity contribution in [2.45, 2.75) is 20.1 Å². The molecular weight excluding hydrogens is 278 g/mol. The molecular formula is C17H17N3O2. The van der Waals surface area contributed by atoms with Gasteiger partial charge in [0.15, 0.2) is 0 Å². The van der Waals surface area contributed by atoms with Gasteiger partial charge in [-0.3, -0.25) is 0 Å². The van der Waals surface area contributed by atoms with E-state index in [2.05, 4.69) is 10.3 Å². The van der Waals surface area contributed by atoms with Gasteiger partial charge in [0.2, 0.25) is 0 Å². The summed E-state index contributed by atoms with van der Waals surface area (Å²) in [6.07, 6.45) is 0. The first-order valence-corrected chi connectivity index (χ1v) is 7.07. The van der Waals surface area contributed by atoms with Crippen molar-refractivity contribution in [3.63, 3.8) is 0 Å². The lowest BCUT2D eigenvalue weighted by atomic mass is 10.2. The average molecular weight is 295 g/mol. The summed E-state index contributed by atoms with van der Waals surface area (Å²) < 4.78 is 7.46. The number of hydrogen-bond donors (Lipinski definition) is 1. The molecule has 0 fully saturated rings. The number of aromatic nitrogens is 3. The molecule has 0 saturated heterocycles. The van der Waals surface area contributed by atoms with Crippen LogP contribution in [0.15, 0.2) is 54.6 Å². The Balaban J connectivity index is 1.71. The van der Waals surface area contributed by atoms with Crippen LogP contribution in [0.25, 0.3) is 5.69 Å². The fraction of sp³-hybridized carbons (Fsp3) is 0.176. The van der Waals surface area contributed by atoms with Gasteiger partial charge in [0, 0.05) is 0 Å². The quantitative estimate of drug-likeness (QED) is 0.786. The monoisotopic (exact) mass is 295 g/mol. The number of ether oxygens (including phenoxy) is 1. The largest absolute Gasteiger partial charge is 0.489 e. The molecule has 3 rings (SSSR count). The minimum atomic E-state index is -0.107. The Morgan fingerprint density at radius 3 is 2.41 bits per heavy atom. The first-order chi connectivity index (χ1) is 10.8. The third-order valence-electron chi connectivity index (χ3n) is 3.47. The Kier molecular flexibility index (Phi) is 4.16. The number of aliphatic hydroxyl groups excluding tert-OH is 1. The summed E-state index contributed by atoms with van der Waals surface area (Å²) in [4.78, 5) is 0. The first kappa shape index (κ1) is 14.3. The van der Waals surface area contributed by atoms with Crippen LogP contribution in [0.1, 0.15) is 17.0 Å². The van der Waals surface area contributed by atoms with E-state index in [9.17, 15) is 0 Å². The third kappa shape index (κ3) is 2.99. The average Bonchev–Trinajstić information content (AvgIpc) is 2.95. The maximum absolute atomic E-state index is 9.17. The molecule has 112 valence electrons. The van der Waals surface area contributed by atoms with Crippen LogP contribution < -0.4 is 4.74 Å². The summed E-state index contributed by atoms with van der Waals surface area (Å²) in [5.74, 6) is 0.799. The molecule has 1 N–H and O–H groups in total. The zero-order valence-electron chi connectivity index (χ0n) is 12.3. The van der Waals surface area contributed by atoms with E-state index in [1.165, 1.54) is 0 Å². The molecule has 0 aliphatic rings. The molecule has 0 radical (unpaired) electrons. The normalized spacial score (nSPS) is 10.6. The van der Waals surface area contributed by atoms with Crippen LogP contribution in [-0.2, 0) is 13.2 Å².